The molecule has 3 aromatic rings. The van der Waals surface area contributed by atoms with Gasteiger partial charge < -0.3 is 18.8 Å². The van der Waals surface area contributed by atoms with Crippen molar-refractivity contribution in [1.82, 2.24) is 4.57 Å². The molecular weight excluding hydrogens is 386 g/mol. The van der Waals surface area contributed by atoms with Crippen molar-refractivity contribution >= 4 is 33.7 Å². The first-order valence-corrected chi connectivity index (χ1v) is 9.69. The summed E-state index contributed by atoms with van der Waals surface area (Å²) < 4.78 is 19.3. The Hall–Kier alpha value is -3.35. The van der Waals surface area contributed by atoms with Crippen LogP contribution in [0.4, 0.5) is 0 Å². The number of ether oxygens (including phenoxy) is 3. The lowest BCUT2D eigenvalue weighted by Gasteiger charge is -2.43. The normalized spacial score (nSPS) is 19.8. The maximum absolute atomic E-state index is 13.2. The highest BCUT2D eigenvalue weighted by Crippen LogP contribution is 2.46. The molecule has 2 atom stereocenters. The Morgan fingerprint density at radius 2 is 1.67 bits per heavy atom. The number of hydrogen-bond donors (Lipinski definition) is 0. The number of rotatable bonds is 2. The summed E-state index contributed by atoms with van der Waals surface area (Å²) in [4.78, 5) is 37.0. The van der Waals surface area contributed by atoms with Crippen LogP contribution in [0.15, 0.2) is 41.2 Å². The van der Waals surface area contributed by atoms with Gasteiger partial charge in [0.1, 0.15) is 11.4 Å². The molecule has 0 saturated heterocycles. The molecule has 0 N–H and O–H groups in total. The van der Waals surface area contributed by atoms with Crippen LogP contribution in [0.3, 0.4) is 0 Å². The molecule has 4 rings (SSSR count). The van der Waals surface area contributed by atoms with Crippen molar-refractivity contribution in [1.29, 1.82) is 0 Å². The van der Waals surface area contributed by atoms with Gasteiger partial charge in [0.05, 0.1) is 16.6 Å². The summed E-state index contributed by atoms with van der Waals surface area (Å²) in [7, 11) is 1.84. The number of para-hydroxylation sites is 1. The fourth-order valence-electron chi connectivity index (χ4n) is 4.26. The van der Waals surface area contributed by atoms with E-state index in [1.807, 2.05) is 29.8 Å². The molecule has 0 fully saturated rings. The first-order valence-electron chi connectivity index (χ1n) is 9.69. The minimum atomic E-state index is -0.956. The molecule has 156 valence electrons. The summed E-state index contributed by atoms with van der Waals surface area (Å²) >= 11 is 0. The van der Waals surface area contributed by atoms with Crippen molar-refractivity contribution < 1.29 is 23.8 Å². The number of aromatic nitrogens is 1. The van der Waals surface area contributed by atoms with Crippen molar-refractivity contribution in [3.05, 3.63) is 52.2 Å². The molecule has 0 aliphatic carbocycles. The number of esters is 2. The van der Waals surface area contributed by atoms with Gasteiger partial charge in [-0.1, -0.05) is 12.1 Å². The van der Waals surface area contributed by atoms with Gasteiger partial charge in [-0.25, -0.2) is 0 Å². The first kappa shape index (κ1) is 19.9. The van der Waals surface area contributed by atoms with Gasteiger partial charge in [0.25, 0.3) is 0 Å². The SMILES string of the molecule is CC(=O)O[C@H]1c2c(ccc3c(=O)c4ccccc4n(C)c23)OC(C)(C)[C@H]1OC(C)=O. The van der Waals surface area contributed by atoms with Crippen LogP contribution >= 0.6 is 0 Å². The predicted octanol–water partition coefficient (Wildman–Crippen LogP) is 3.40. The van der Waals surface area contributed by atoms with Gasteiger partial charge in [0, 0.05) is 31.7 Å². The molecule has 2 heterocycles. The maximum atomic E-state index is 13.2. The van der Waals surface area contributed by atoms with E-state index in [0.29, 0.717) is 27.6 Å². The predicted molar refractivity (Wildman–Crippen MR) is 111 cm³/mol. The van der Waals surface area contributed by atoms with E-state index < -0.39 is 29.7 Å². The van der Waals surface area contributed by atoms with E-state index in [0.717, 1.165) is 5.52 Å². The van der Waals surface area contributed by atoms with Crippen LogP contribution in [-0.2, 0) is 26.1 Å². The summed E-state index contributed by atoms with van der Waals surface area (Å²) in [5.74, 6) is -0.562. The molecule has 0 bridgehead atoms. The molecule has 7 heteroatoms. The van der Waals surface area contributed by atoms with Crippen molar-refractivity contribution in [2.45, 2.75) is 45.5 Å². The van der Waals surface area contributed by atoms with Gasteiger partial charge in [-0.15, -0.1) is 0 Å². The quantitative estimate of drug-likeness (QED) is 0.477. The summed E-state index contributed by atoms with van der Waals surface area (Å²) in [6, 6.07) is 10.7. The van der Waals surface area contributed by atoms with Gasteiger partial charge >= 0.3 is 11.9 Å². The smallest absolute Gasteiger partial charge is 0.303 e. The molecule has 0 amide bonds. The van der Waals surface area contributed by atoms with Crippen LogP contribution in [0.1, 0.15) is 39.4 Å². The lowest BCUT2D eigenvalue weighted by Crippen LogP contribution is -2.52. The second kappa shape index (κ2) is 6.86. The molecular formula is C23H23NO6. The van der Waals surface area contributed by atoms with E-state index in [4.69, 9.17) is 14.2 Å². The standard InChI is InChI=1S/C23H23NO6/c1-12(25)28-21-18-17(30-23(3,4)22(21)29-13(2)26)11-10-15-19(18)24(5)16-9-7-6-8-14(16)20(15)27/h6-11,21-22H,1-5H3/t21-,22-/m0/s1. The van der Waals surface area contributed by atoms with Crippen LogP contribution in [0, 0.1) is 0 Å². The third kappa shape index (κ3) is 3.01. The molecule has 1 aromatic heterocycles. The number of aryl methyl sites for hydroxylation is 1. The Kier molecular flexibility index (Phi) is 4.56. The molecule has 30 heavy (non-hydrogen) atoms. The van der Waals surface area contributed by atoms with Gasteiger partial charge in [-0.2, -0.15) is 0 Å². The molecule has 7 nitrogen and oxygen atoms in total. The second-order valence-corrected chi connectivity index (χ2v) is 8.04. The number of hydrogen-bond acceptors (Lipinski definition) is 6. The van der Waals surface area contributed by atoms with Crippen LogP contribution < -0.4 is 10.2 Å². The van der Waals surface area contributed by atoms with Gasteiger partial charge in [0.2, 0.25) is 0 Å². The summed E-state index contributed by atoms with van der Waals surface area (Å²) in [6.45, 7) is 6.13. The zero-order valence-corrected chi connectivity index (χ0v) is 17.5. The third-order valence-corrected chi connectivity index (χ3v) is 5.47. The minimum Gasteiger partial charge on any atom is -0.483 e. The van der Waals surface area contributed by atoms with Crippen molar-refractivity contribution in [2.24, 2.45) is 7.05 Å². The second-order valence-electron chi connectivity index (χ2n) is 8.04. The monoisotopic (exact) mass is 409 g/mol. The number of carbonyl (C=O) groups excluding carboxylic acids is 2. The highest BCUT2D eigenvalue weighted by Gasteiger charge is 2.49. The average Bonchev–Trinajstić information content (AvgIpc) is 2.67. The summed E-state index contributed by atoms with van der Waals surface area (Å²) in [5.41, 5.74) is 0.742. The first-order chi connectivity index (χ1) is 14.1. The minimum absolute atomic E-state index is 0.128. The molecule has 0 unspecified atom stereocenters. The Bertz CT molecular complexity index is 1260. The Morgan fingerprint density at radius 3 is 2.33 bits per heavy atom. The van der Waals surface area contributed by atoms with Gasteiger partial charge in [-0.3, -0.25) is 14.4 Å². The highest BCUT2D eigenvalue weighted by molar-refractivity contribution is 5.96. The molecule has 0 spiro atoms. The number of fused-ring (bicyclic) bond motifs is 4. The van der Waals surface area contributed by atoms with Crippen LogP contribution in [-0.4, -0.2) is 28.2 Å². The molecule has 0 radical (unpaired) electrons. The zero-order valence-electron chi connectivity index (χ0n) is 17.5. The van der Waals surface area contributed by atoms with E-state index >= 15 is 0 Å². The average molecular weight is 409 g/mol. The van der Waals surface area contributed by atoms with E-state index in [2.05, 4.69) is 0 Å². The fraction of sp³-hybridized carbons (Fsp3) is 0.348. The van der Waals surface area contributed by atoms with E-state index in [-0.39, 0.29) is 5.43 Å². The van der Waals surface area contributed by atoms with Gasteiger partial charge in [0.15, 0.2) is 17.6 Å². The summed E-state index contributed by atoms with van der Waals surface area (Å²) in [5, 5.41) is 1.06. The van der Waals surface area contributed by atoms with Crippen molar-refractivity contribution in [3.63, 3.8) is 0 Å². The Balaban J connectivity index is 2.12. The molecule has 2 aromatic carbocycles. The number of benzene rings is 2. The van der Waals surface area contributed by atoms with Crippen molar-refractivity contribution in [3.8, 4) is 5.75 Å². The van der Waals surface area contributed by atoms with Crippen molar-refractivity contribution in [2.75, 3.05) is 0 Å². The maximum Gasteiger partial charge on any atom is 0.303 e. The number of pyridine rings is 1. The van der Waals surface area contributed by atoms with Gasteiger partial charge in [-0.05, 0) is 38.1 Å². The Morgan fingerprint density at radius 1 is 1.00 bits per heavy atom. The molecule has 1 aliphatic rings. The van der Waals surface area contributed by atoms with Crippen LogP contribution in [0.25, 0.3) is 21.8 Å². The van der Waals surface area contributed by atoms with Crippen LogP contribution in [0.5, 0.6) is 5.75 Å². The molecule has 1 aliphatic heterocycles. The highest BCUT2D eigenvalue weighted by atomic mass is 16.6. The lowest BCUT2D eigenvalue weighted by molar-refractivity contribution is -0.187. The molecule has 0 saturated carbocycles. The summed E-state index contributed by atoms with van der Waals surface area (Å²) in [6.07, 6.45) is -1.82. The van der Waals surface area contributed by atoms with Crippen LogP contribution in [0.2, 0.25) is 0 Å². The van der Waals surface area contributed by atoms with E-state index in [9.17, 15) is 14.4 Å². The largest absolute Gasteiger partial charge is 0.483 e. The number of carbonyl (C=O) groups is 2. The zero-order chi connectivity index (χ0) is 21.8. The topological polar surface area (TPSA) is 83.8 Å². The van der Waals surface area contributed by atoms with E-state index in [1.54, 1.807) is 32.0 Å². The third-order valence-electron chi connectivity index (χ3n) is 5.47. The fourth-order valence-corrected chi connectivity index (χ4v) is 4.26. The number of nitrogens with zero attached hydrogens (tertiary/aromatic N) is 1. The lowest BCUT2D eigenvalue weighted by atomic mass is 9.86. The Labute approximate surface area is 173 Å². The van der Waals surface area contributed by atoms with E-state index in [1.165, 1.54) is 13.8 Å².